The van der Waals surface area contributed by atoms with E-state index in [9.17, 15) is 9.90 Å². The van der Waals surface area contributed by atoms with Gasteiger partial charge in [0.25, 0.3) is 0 Å². The lowest BCUT2D eigenvalue weighted by molar-refractivity contribution is 0.0697. The van der Waals surface area contributed by atoms with E-state index in [4.69, 9.17) is 22.1 Å². The number of nitrogens with zero attached hydrogens (tertiary/aromatic N) is 1. The fourth-order valence-electron chi connectivity index (χ4n) is 2.15. The Morgan fingerprint density at radius 2 is 2.00 bits per heavy atom. The van der Waals surface area contributed by atoms with E-state index in [1.54, 1.807) is 25.1 Å². The molecule has 0 amide bonds. The quantitative estimate of drug-likeness (QED) is 0.847. The van der Waals surface area contributed by atoms with E-state index in [2.05, 4.69) is 0 Å². The zero-order chi connectivity index (χ0) is 15.6. The van der Waals surface area contributed by atoms with Crippen LogP contribution in [0.3, 0.4) is 0 Å². The summed E-state index contributed by atoms with van der Waals surface area (Å²) < 4.78 is 5.30. The van der Waals surface area contributed by atoms with Crippen LogP contribution in [0.2, 0.25) is 5.02 Å². The zero-order valence-electron chi connectivity index (χ0n) is 11.6. The lowest BCUT2D eigenvalue weighted by Gasteiger charge is -2.24. The van der Waals surface area contributed by atoms with E-state index in [-0.39, 0.29) is 10.6 Å². The number of halogens is 1. The standard InChI is InChI=1S/C15H15ClN2O3/c1-18(12-5-3-4-6-13(12)21-2)14-10(15(19)20)7-9(17)8-11(14)16/h3-8H,17H2,1-2H3,(H,19,20). The first kappa shape index (κ1) is 15.0. The molecule has 0 aliphatic carbocycles. The molecule has 0 fully saturated rings. The molecule has 0 bridgehead atoms. The van der Waals surface area contributed by atoms with Gasteiger partial charge >= 0.3 is 5.97 Å². The van der Waals surface area contributed by atoms with Crippen LogP contribution in [0.25, 0.3) is 0 Å². The minimum absolute atomic E-state index is 0.0356. The molecule has 0 unspecified atom stereocenters. The molecule has 0 saturated heterocycles. The van der Waals surface area contributed by atoms with Gasteiger partial charge in [-0.25, -0.2) is 4.79 Å². The van der Waals surface area contributed by atoms with Gasteiger partial charge in [-0.3, -0.25) is 0 Å². The molecule has 2 aromatic carbocycles. The van der Waals surface area contributed by atoms with Gasteiger partial charge in [-0.15, -0.1) is 0 Å². The van der Waals surface area contributed by atoms with Crippen LogP contribution in [0.5, 0.6) is 5.75 Å². The number of methoxy groups -OCH3 is 1. The van der Waals surface area contributed by atoms with Crippen LogP contribution >= 0.6 is 11.6 Å². The molecule has 0 spiro atoms. The number of hydrogen-bond donors (Lipinski definition) is 2. The third kappa shape index (κ3) is 2.87. The van der Waals surface area contributed by atoms with Crippen molar-refractivity contribution < 1.29 is 14.6 Å². The predicted octanol–water partition coefficient (Wildman–Crippen LogP) is 3.40. The number of rotatable bonds is 4. The molecule has 3 N–H and O–H groups in total. The van der Waals surface area contributed by atoms with Crippen molar-refractivity contribution in [3.8, 4) is 5.75 Å². The van der Waals surface area contributed by atoms with Crippen LogP contribution < -0.4 is 15.4 Å². The van der Waals surface area contributed by atoms with Crippen molar-refractivity contribution in [1.29, 1.82) is 0 Å². The van der Waals surface area contributed by atoms with E-state index < -0.39 is 5.97 Å². The van der Waals surface area contributed by atoms with E-state index in [0.29, 0.717) is 22.8 Å². The average Bonchev–Trinajstić information content (AvgIpc) is 2.45. The van der Waals surface area contributed by atoms with Gasteiger partial charge in [0.15, 0.2) is 0 Å². The molecule has 0 aromatic heterocycles. The number of anilines is 3. The summed E-state index contributed by atoms with van der Waals surface area (Å²) in [5, 5.41) is 9.63. The normalized spacial score (nSPS) is 10.2. The van der Waals surface area contributed by atoms with Gasteiger partial charge in [0.2, 0.25) is 0 Å². The van der Waals surface area contributed by atoms with Crippen molar-refractivity contribution in [3.05, 3.63) is 47.0 Å². The summed E-state index contributed by atoms with van der Waals surface area (Å²) >= 11 is 6.19. The monoisotopic (exact) mass is 306 g/mol. The number of benzene rings is 2. The van der Waals surface area contributed by atoms with E-state index in [0.717, 1.165) is 0 Å². The lowest BCUT2D eigenvalue weighted by atomic mass is 10.1. The molecule has 2 rings (SSSR count). The molecular weight excluding hydrogens is 292 g/mol. The molecule has 0 aliphatic rings. The first-order valence-corrected chi connectivity index (χ1v) is 6.52. The van der Waals surface area contributed by atoms with Gasteiger partial charge < -0.3 is 20.5 Å². The Morgan fingerprint density at radius 3 is 2.62 bits per heavy atom. The Bertz CT molecular complexity index is 689. The van der Waals surface area contributed by atoms with Gasteiger partial charge in [0, 0.05) is 12.7 Å². The number of ether oxygens (including phenoxy) is 1. The van der Waals surface area contributed by atoms with Crippen molar-refractivity contribution in [3.63, 3.8) is 0 Å². The number of para-hydroxylation sites is 2. The highest BCUT2D eigenvalue weighted by Crippen LogP contribution is 2.39. The Hall–Kier alpha value is -2.40. The van der Waals surface area contributed by atoms with E-state index >= 15 is 0 Å². The highest BCUT2D eigenvalue weighted by molar-refractivity contribution is 6.34. The van der Waals surface area contributed by atoms with Crippen molar-refractivity contribution >= 4 is 34.6 Å². The SMILES string of the molecule is COc1ccccc1N(C)c1c(Cl)cc(N)cc1C(=O)O. The summed E-state index contributed by atoms with van der Waals surface area (Å²) in [6.45, 7) is 0. The van der Waals surface area contributed by atoms with Crippen LogP contribution in [0, 0.1) is 0 Å². The summed E-state index contributed by atoms with van der Waals surface area (Å²) in [5.41, 5.74) is 7.07. The molecule has 21 heavy (non-hydrogen) atoms. The molecule has 0 saturated carbocycles. The Labute approximate surface area is 127 Å². The second-order valence-corrected chi connectivity index (χ2v) is 4.84. The molecule has 5 nitrogen and oxygen atoms in total. The number of hydrogen-bond acceptors (Lipinski definition) is 4. The smallest absolute Gasteiger partial charge is 0.337 e. The first-order valence-electron chi connectivity index (χ1n) is 6.14. The lowest BCUT2D eigenvalue weighted by Crippen LogP contribution is -2.16. The highest BCUT2D eigenvalue weighted by Gasteiger charge is 2.20. The summed E-state index contributed by atoms with van der Waals surface area (Å²) in [6.07, 6.45) is 0. The summed E-state index contributed by atoms with van der Waals surface area (Å²) in [6, 6.07) is 10.2. The van der Waals surface area contributed by atoms with E-state index in [1.165, 1.54) is 12.1 Å². The largest absolute Gasteiger partial charge is 0.495 e. The number of nitrogens with two attached hydrogens (primary N) is 1. The minimum Gasteiger partial charge on any atom is -0.495 e. The number of carboxylic acid groups (broad SMARTS) is 1. The molecule has 110 valence electrons. The van der Waals surface area contributed by atoms with Gasteiger partial charge in [-0.05, 0) is 24.3 Å². The van der Waals surface area contributed by atoms with Gasteiger partial charge in [-0.2, -0.15) is 0 Å². The maximum atomic E-state index is 11.4. The van der Waals surface area contributed by atoms with Gasteiger partial charge in [0.05, 0.1) is 29.1 Å². The fraction of sp³-hybridized carbons (Fsp3) is 0.133. The highest BCUT2D eigenvalue weighted by atomic mass is 35.5. The number of carbonyl (C=O) groups is 1. The minimum atomic E-state index is -1.10. The molecule has 0 radical (unpaired) electrons. The van der Waals surface area contributed by atoms with Crippen molar-refractivity contribution in [2.45, 2.75) is 0 Å². The molecular formula is C15H15ClN2O3. The maximum Gasteiger partial charge on any atom is 0.337 e. The number of carboxylic acids is 1. The van der Waals surface area contributed by atoms with Crippen LogP contribution in [0.15, 0.2) is 36.4 Å². The van der Waals surface area contributed by atoms with E-state index in [1.807, 2.05) is 18.2 Å². The summed E-state index contributed by atoms with van der Waals surface area (Å²) in [7, 11) is 3.27. The third-order valence-electron chi connectivity index (χ3n) is 3.10. The molecule has 0 aliphatic heterocycles. The first-order chi connectivity index (χ1) is 9.95. The van der Waals surface area contributed by atoms with Crippen molar-refractivity contribution in [2.75, 3.05) is 24.8 Å². The zero-order valence-corrected chi connectivity index (χ0v) is 12.4. The van der Waals surface area contributed by atoms with Crippen molar-refractivity contribution in [2.24, 2.45) is 0 Å². The van der Waals surface area contributed by atoms with Crippen LogP contribution in [0.1, 0.15) is 10.4 Å². The van der Waals surface area contributed by atoms with Crippen molar-refractivity contribution in [1.82, 2.24) is 0 Å². The van der Waals surface area contributed by atoms with Crippen LogP contribution in [-0.4, -0.2) is 25.2 Å². The third-order valence-corrected chi connectivity index (χ3v) is 3.39. The Balaban J connectivity index is 2.63. The number of nitrogen functional groups attached to an aromatic ring is 1. The Kier molecular flexibility index (Phi) is 4.23. The van der Waals surface area contributed by atoms with Gasteiger partial charge in [-0.1, -0.05) is 23.7 Å². The summed E-state index contributed by atoms with van der Waals surface area (Å²) in [5.74, 6) is -0.481. The fourth-order valence-corrected chi connectivity index (χ4v) is 2.51. The summed E-state index contributed by atoms with van der Waals surface area (Å²) in [4.78, 5) is 13.1. The van der Waals surface area contributed by atoms with Gasteiger partial charge in [0.1, 0.15) is 5.75 Å². The molecule has 0 heterocycles. The maximum absolute atomic E-state index is 11.4. The second kappa shape index (κ2) is 5.93. The van der Waals surface area contributed by atoms with Crippen LogP contribution in [0.4, 0.5) is 17.1 Å². The molecule has 2 aromatic rings. The topological polar surface area (TPSA) is 75.8 Å². The molecule has 0 atom stereocenters. The Morgan fingerprint density at radius 1 is 1.33 bits per heavy atom. The second-order valence-electron chi connectivity index (χ2n) is 4.43. The number of aromatic carboxylic acids is 1. The van der Waals surface area contributed by atoms with Crippen LogP contribution in [-0.2, 0) is 0 Å². The average molecular weight is 307 g/mol. The predicted molar refractivity (Wildman–Crippen MR) is 83.9 cm³/mol. The molecule has 6 heteroatoms.